The van der Waals surface area contributed by atoms with Crippen molar-refractivity contribution < 1.29 is 19.1 Å². The number of carboxylic acids is 1. The number of aromatic carboxylic acids is 1. The Balaban J connectivity index is 1.67. The summed E-state index contributed by atoms with van der Waals surface area (Å²) in [6.07, 6.45) is 1.31. The van der Waals surface area contributed by atoms with Gasteiger partial charge in [-0.2, -0.15) is 5.10 Å². The van der Waals surface area contributed by atoms with Gasteiger partial charge in [-0.1, -0.05) is 29.8 Å². The van der Waals surface area contributed by atoms with Crippen LogP contribution in [0.4, 0.5) is 10.5 Å². The van der Waals surface area contributed by atoms with E-state index in [4.69, 9.17) is 16.0 Å². The number of furan rings is 1. The van der Waals surface area contributed by atoms with Crippen LogP contribution in [-0.4, -0.2) is 23.3 Å². The Morgan fingerprint density at radius 3 is 2.59 bits per heavy atom. The number of hydrogen-bond acceptors (Lipinski definition) is 4. The number of carbonyl (C=O) groups excluding carboxylic acids is 1. The highest BCUT2D eigenvalue weighted by Gasteiger charge is 2.15. The van der Waals surface area contributed by atoms with E-state index in [2.05, 4.69) is 15.8 Å². The van der Waals surface area contributed by atoms with E-state index in [0.29, 0.717) is 27.8 Å². The molecule has 0 fully saturated rings. The number of rotatable bonds is 5. The van der Waals surface area contributed by atoms with Crippen molar-refractivity contribution in [2.24, 2.45) is 5.10 Å². The number of amides is 2. The van der Waals surface area contributed by atoms with Gasteiger partial charge in [0.25, 0.3) is 0 Å². The van der Waals surface area contributed by atoms with E-state index in [1.54, 1.807) is 48.5 Å². The van der Waals surface area contributed by atoms with Gasteiger partial charge in [0.1, 0.15) is 11.5 Å². The summed E-state index contributed by atoms with van der Waals surface area (Å²) in [4.78, 5) is 23.1. The zero-order valence-corrected chi connectivity index (χ0v) is 14.6. The summed E-state index contributed by atoms with van der Waals surface area (Å²) in [6.45, 7) is 0. The molecular weight excluding hydrogens is 370 g/mol. The van der Waals surface area contributed by atoms with Gasteiger partial charge < -0.3 is 14.8 Å². The third-order valence-electron chi connectivity index (χ3n) is 3.49. The van der Waals surface area contributed by atoms with E-state index in [0.717, 1.165) is 0 Å². The number of urea groups is 1. The molecule has 2 amide bonds. The maximum absolute atomic E-state index is 11.7. The van der Waals surface area contributed by atoms with Gasteiger partial charge in [-0.15, -0.1) is 0 Å². The molecule has 0 saturated carbocycles. The first-order valence-electron chi connectivity index (χ1n) is 7.81. The first-order chi connectivity index (χ1) is 13.0. The van der Waals surface area contributed by atoms with Crippen LogP contribution in [0, 0.1) is 0 Å². The van der Waals surface area contributed by atoms with Crippen LogP contribution in [0.3, 0.4) is 0 Å². The number of nitrogens with zero attached hydrogens (tertiary/aromatic N) is 1. The van der Waals surface area contributed by atoms with Gasteiger partial charge >= 0.3 is 12.0 Å². The van der Waals surface area contributed by atoms with Gasteiger partial charge in [0.05, 0.1) is 11.8 Å². The molecule has 27 heavy (non-hydrogen) atoms. The van der Waals surface area contributed by atoms with Gasteiger partial charge in [-0.3, -0.25) is 0 Å². The zero-order valence-electron chi connectivity index (χ0n) is 13.8. The molecule has 3 N–H and O–H groups in total. The first kappa shape index (κ1) is 18.2. The van der Waals surface area contributed by atoms with E-state index < -0.39 is 12.0 Å². The van der Waals surface area contributed by atoms with Crippen LogP contribution in [0.1, 0.15) is 16.1 Å². The molecule has 3 rings (SSSR count). The van der Waals surface area contributed by atoms with E-state index in [9.17, 15) is 14.7 Å². The van der Waals surface area contributed by atoms with Crippen LogP contribution in [-0.2, 0) is 0 Å². The number of nitrogens with one attached hydrogen (secondary N) is 2. The second-order valence-corrected chi connectivity index (χ2v) is 5.82. The number of carboxylic acid groups (broad SMARTS) is 1. The molecular formula is C19H14ClN3O4. The summed E-state index contributed by atoms with van der Waals surface area (Å²) >= 11 is 5.85. The number of hydrogen-bond donors (Lipinski definition) is 3. The minimum Gasteiger partial charge on any atom is -0.478 e. The fraction of sp³-hybridized carbons (Fsp3) is 0. The van der Waals surface area contributed by atoms with Crippen LogP contribution in [0.5, 0.6) is 0 Å². The lowest BCUT2D eigenvalue weighted by molar-refractivity contribution is 0.0697. The summed E-state index contributed by atoms with van der Waals surface area (Å²) < 4.78 is 5.57. The Labute approximate surface area is 159 Å². The zero-order chi connectivity index (χ0) is 19.2. The molecule has 0 spiro atoms. The van der Waals surface area contributed by atoms with Crippen molar-refractivity contribution in [2.45, 2.75) is 0 Å². The lowest BCUT2D eigenvalue weighted by atomic mass is 10.1. The Hall–Kier alpha value is -3.58. The molecule has 3 aromatic rings. The van der Waals surface area contributed by atoms with Crippen molar-refractivity contribution in [3.63, 3.8) is 0 Å². The smallest absolute Gasteiger partial charge is 0.339 e. The number of halogens is 1. The van der Waals surface area contributed by atoms with Crippen LogP contribution in [0.15, 0.2) is 70.2 Å². The van der Waals surface area contributed by atoms with Gasteiger partial charge in [-0.25, -0.2) is 15.0 Å². The molecule has 1 aromatic heterocycles. The fourth-order valence-corrected chi connectivity index (χ4v) is 2.48. The Morgan fingerprint density at radius 2 is 1.85 bits per heavy atom. The number of carbonyl (C=O) groups is 2. The second kappa shape index (κ2) is 8.20. The number of benzene rings is 2. The second-order valence-electron chi connectivity index (χ2n) is 5.39. The van der Waals surface area contributed by atoms with Crippen molar-refractivity contribution in [1.29, 1.82) is 0 Å². The summed E-state index contributed by atoms with van der Waals surface area (Å²) in [7, 11) is 0. The summed E-state index contributed by atoms with van der Waals surface area (Å²) in [5.41, 5.74) is 3.37. The number of hydrazone groups is 1. The highest BCUT2D eigenvalue weighted by atomic mass is 35.5. The van der Waals surface area contributed by atoms with E-state index >= 15 is 0 Å². The predicted octanol–water partition coefficient (Wildman–Crippen LogP) is 4.45. The van der Waals surface area contributed by atoms with Crippen molar-refractivity contribution in [3.05, 3.63) is 77.0 Å². The van der Waals surface area contributed by atoms with Crippen LogP contribution < -0.4 is 10.7 Å². The topological polar surface area (TPSA) is 104 Å². The van der Waals surface area contributed by atoms with Gasteiger partial charge in [0.15, 0.2) is 0 Å². The predicted molar refractivity (Wildman–Crippen MR) is 102 cm³/mol. The fourth-order valence-electron chi connectivity index (χ4n) is 2.31. The molecule has 0 aliphatic heterocycles. The molecule has 8 heteroatoms. The summed E-state index contributed by atoms with van der Waals surface area (Å²) in [5, 5.41) is 16.0. The minimum atomic E-state index is -1.11. The summed E-state index contributed by atoms with van der Waals surface area (Å²) in [5.74, 6) is -0.422. The molecule has 0 radical (unpaired) electrons. The van der Waals surface area contributed by atoms with Gasteiger partial charge in [0, 0.05) is 16.3 Å². The molecule has 2 aromatic carbocycles. The molecule has 0 unspecified atom stereocenters. The Morgan fingerprint density at radius 1 is 1.07 bits per heavy atom. The maximum atomic E-state index is 11.7. The average Bonchev–Trinajstić information content (AvgIpc) is 3.11. The number of anilines is 1. The molecule has 0 atom stereocenters. The monoisotopic (exact) mass is 383 g/mol. The maximum Gasteiger partial charge on any atom is 0.339 e. The molecule has 0 saturated heterocycles. The normalized spacial score (nSPS) is 10.7. The first-order valence-corrected chi connectivity index (χ1v) is 8.19. The van der Waals surface area contributed by atoms with Crippen LogP contribution in [0.25, 0.3) is 11.3 Å². The van der Waals surface area contributed by atoms with Crippen molar-refractivity contribution in [1.82, 2.24) is 5.43 Å². The highest BCUT2D eigenvalue weighted by molar-refractivity contribution is 6.31. The molecule has 0 aliphatic rings. The average molecular weight is 384 g/mol. The van der Waals surface area contributed by atoms with Gasteiger partial charge in [-0.05, 0) is 42.5 Å². The van der Waals surface area contributed by atoms with Crippen molar-refractivity contribution in [2.75, 3.05) is 5.32 Å². The minimum absolute atomic E-state index is 0.0284. The van der Waals surface area contributed by atoms with Crippen molar-refractivity contribution >= 4 is 35.5 Å². The molecule has 7 nitrogen and oxygen atoms in total. The van der Waals surface area contributed by atoms with Crippen LogP contribution >= 0.6 is 11.6 Å². The lowest BCUT2D eigenvalue weighted by Gasteiger charge is -2.03. The van der Waals surface area contributed by atoms with E-state index in [1.807, 2.05) is 6.07 Å². The molecule has 1 heterocycles. The van der Waals surface area contributed by atoms with E-state index in [-0.39, 0.29) is 5.56 Å². The van der Waals surface area contributed by atoms with Gasteiger partial charge in [0.2, 0.25) is 0 Å². The Kier molecular flexibility index (Phi) is 5.53. The Bertz CT molecular complexity index is 999. The molecule has 0 aliphatic carbocycles. The largest absolute Gasteiger partial charge is 0.478 e. The number of para-hydroxylation sites is 1. The van der Waals surface area contributed by atoms with E-state index in [1.165, 1.54) is 12.3 Å². The highest BCUT2D eigenvalue weighted by Crippen LogP contribution is 2.28. The third-order valence-corrected chi connectivity index (χ3v) is 3.73. The van der Waals surface area contributed by atoms with Crippen LogP contribution in [0.2, 0.25) is 5.02 Å². The molecule has 136 valence electrons. The SMILES string of the molecule is O=C(NN=Cc1ccc(-c2ccc(Cl)cc2C(=O)O)o1)Nc1ccccc1. The summed E-state index contributed by atoms with van der Waals surface area (Å²) in [6, 6.07) is 16.1. The quantitative estimate of drug-likeness (QED) is 0.447. The standard InChI is InChI=1S/C19H14ClN3O4/c20-12-6-8-15(16(10-12)18(24)25)17-9-7-14(27-17)11-21-23-19(26)22-13-4-2-1-3-5-13/h1-11H,(H,24,25)(H2,22,23,26). The lowest BCUT2D eigenvalue weighted by Crippen LogP contribution is -2.24. The molecule has 0 bridgehead atoms. The van der Waals surface area contributed by atoms with Crippen molar-refractivity contribution in [3.8, 4) is 11.3 Å². The third kappa shape index (κ3) is 4.74.